The van der Waals surface area contributed by atoms with Gasteiger partial charge in [-0.25, -0.2) is 0 Å². The first-order valence-corrected chi connectivity index (χ1v) is 8.35. The van der Waals surface area contributed by atoms with Gasteiger partial charge in [0, 0.05) is 34.7 Å². The van der Waals surface area contributed by atoms with Gasteiger partial charge in [-0.05, 0) is 49.7 Å². The standard InChI is InChI=1S/C16H21BrClN3/c1-4-5-19-16(10-15-6-11(2)20-21(15)3)12-7-13(17)9-14(18)8-12/h6-9,16,19H,4-5,10H2,1-3H3. The molecule has 1 aromatic heterocycles. The summed E-state index contributed by atoms with van der Waals surface area (Å²) in [6, 6.07) is 8.44. The molecule has 0 saturated carbocycles. The summed E-state index contributed by atoms with van der Waals surface area (Å²) in [6.45, 7) is 5.17. The minimum Gasteiger partial charge on any atom is -0.310 e. The van der Waals surface area contributed by atoms with Crippen LogP contribution in [0.5, 0.6) is 0 Å². The monoisotopic (exact) mass is 369 g/mol. The van der Waals surface area contributed by atoms with Gasteiger partial charge in [0.05, 0.1) is 5.69 Å². The maximum absolute atomic E-state index is 6.19. The minimum atomic E-state index is 0.231. The fourth-order valence-corrected chi connectivity index (χ4v) is 3.35. The van der Waals surface area contributed by atoms with Crippen LogP contribution in [0.3, 0.4) is 0 Å². The molecule has 114 valence electrons. The van der Waals surface area contributed by atoms with Crippen molar-refractivity contribution in [1.29, 1.82) is 0 Å². The zero-order valence-electron chi connectivity index (χ0n) is 12.7. The number of aryl methyl sites for hydroxylation is 2. The van der Waals surface area contributed by atoms with Crippen LogP contribution in [0.2, 0.25) is 5.02 Å². The number of benzene rings is 1. The van der Waals surface area contributed by atoms with Crippen molar-refractivity contribution >= 4 is 27.5 Å². The number of rotatable bonds is 6. The Morgan fingerprint density at radius 3 is 2.67 bits per heavy atom. The van der Waals surface area contributed by atoms with Gasteiger partial charge < -0.3 is 5.32 Å². The minimum absolute atomic E-state index is 0.231. The number of halogens is 2. The second kappa shape index (κ2) is 7.43. The van der Waals surface area contributed by atoms with Crippen molar-refractivity contribution in [2.45, 2.75) is 32.7 Å². The highest BCUT2D eigenvalue weighted by Crippen LogP contribution is 2.26. The Hall–Kier alpha value is -0.840. The van der Waals surface area contributed by atoms with Crippen LogP contribution in [0.1, 0.15) is 36.3 Å². The zero-order valence-corrected chi connectivity index (χ0v) is 15.0. The Morgan fingerprint density at radius 1 is 1.33 bits per heavy atom. The van der Waals surface area contributed by atoms with Gasteiger partial charge in [0.1, 0.15) is 0 Å². The smallest absolute Gasteiger partial charge is 0.0596 e. The van der Waals surface area contributed by atoms with E-state index in [0.717, 1.165) is 34.6 Å². The first-order chi connectivity index (χ1) is 9.99. The molecule has 0 fully saturated rings. The summed E-state index contributed by atoms with van der Waals surface area (Å²) in [5, 5.41) is 8.78. The summed E-state index contributed by atoms with van der Waals surface area (Å²) < 4.78 is 2.96. The van der Waals surface area contributed by atoms with E-state index in [2.05, 4.69) is 45.4 Å². The molecule has 1 atom stereocenters. The summed E-state index contributed by atoms with van der Waals surface area (Å²) in [4.78, 5) is 0. The number of hydrogen-bond acceptors (Lipinski definition) is 2. The molecule has 3 nitrogen and oxygen atoms in total. The lowest BCUT2D eigenvalue weighted by atomic mass is 10.0. The van der Waals surface area contributed by atoms with Crippen molar-refractivity contribution in [3.8, 4) is 0 Å². The van der Waals surface area contributed by atoms with Crippen molar-refractivity contribution < 1.29 is 0 Å². The highest BCUT2D eigenvalue weighted by Gasteiger charge is 2.15. The highest BCUT2D eigenvalue weighted by molar-refractivity contribution is 9.10. The number of nitrogens with zero attached hydrogens (tertiary/aromatic N) is 2. The van der Waals surface area contributed by atoms with E-state index >= 15 is 0 Å². The lowest BCUT2D eigenvalue weighted by molar-refractivity contribution is 0.512. The number of aromatic nitrogens is 2. The van der Waals surface area contributed by atoms with Gasteiger partial charge in [0.2, 0.25) is 0 Å². The first-order valence-electron chi connectivity index (χ1n) is 7.18. The summed E-state index contributed by atoms with van der Waals surface area (Å²) in [5.41, 5.74) is 3.47. The van der Waals surface area contributed by atoms with Gasteiger partial charge in [-0.15, -0.1) is 0 Å². The molecule has 0 aliphatic rings. The number of hydrogen-bond donors (Lipinski definition) is 1. The van der Waals surface area contributed by atoms with E-state index in [1.807, 2.05) is 30.8 Å². The molecule has 0 saturated heterocycles. The second-order valence-corrected chi connectivity index (χ2v) is 6.67. The van der Waals surface area contributed by atoms with Gasteiger partial charge in [-0.1, -0.05) is 34.5 Å². The molecule has 1 unspecified atom stereocenters. The van der Waals surface area contributed by atoms with E-state index in [0.29, 0.717) is 0 Å². The summed E-state index contributed by atoms with van der Waals surface area (Å²) in [5.74, 6) is 0. The molecule has 1 heterocycles. The molecule has 0 aliphatic heterocycles. The maximum atomic E-state index is 6.19. The van der Waals surface area contributed by atoms with Gasteiger partial charge in [-0.3, -0.25) is 4.68 Å². The molecular weight excluding hydrogens is 350 g/mol. The lowest BCUT2D eigenvalue weighted by Gasteiger charge is -2.20. The van der Waals surface area contributed by atoms with Crippen LogP contribution >= 0.6 is 27.5 Å². The predicted octanol–water partition coefficient (Wildman–Crippen LogP) is 4.43. The fourth-order valence-electron chi connectivity index (χ4n) is 2.47. The van der Waals surface area contributed by atoms with Crippen LogP contribution in [0, 0.1) is 6.92 Å². The molecule has 2 rings (SSSR count). The van der Waals surface area contributed by atoms with Crippen molar-refractivity contribution in [2.75, 3.05) is 6.54 Å². The third-order valence-electron chi connectivity index (χ3n) is 3.44. The molecule has 5 heteroatoms. The van der Waals surface area contributed by atoms with Crippen molar-refractivity contribution in [3.63, 3.8) is 0 Å². The average Bonchev–Trinajstić information content (AvgIpc) is 2.71. The largest absolute Gasteiger partial charge is 0.310 e. The summed E-state index contributed by atoms with van der Waals surface area (Å²) in [7, 11) is 1.99. The van der Waals surface area contributed by atoms with Crippen molar-refractivity contribution in [2.24, 2.45) is 7.05 Å². The molecule has 0 amide bonds. The van der Waals surface area contributed by atoms with E-state index in [9.17, 15) is 0 Å². The van der Waals surface area contributed by atoms with Crippen LogP contribution < -0.4 is 5.32 Å². The van der Waals surface area contributed by atoms with E-state index in [4.69, 9.17) is 11.6 Å². The molecular formula is C16H21BrClN3. The van der Waals surface area contributed by atoms with Crippen LogP contribution in [0.25, 0.3) is 0 Å². The topological polar surface area (TPSA) is 29.9 Å². The Morgan fingerprint density at radius 2 is 2.10 bits per heavy atom. The Labute approximate surface area is 139 Å². The second-order valence-electron chi connectivity index (χ2n) is 5.31. The Balaban J connectivity index is 2.27. The van der Waals surface area contributed by atoms with Crippen molar-refractivity contribution in [1.82, 2.24) is 15.1 Å². The molecule has 0 bridgehead atoms. The average molecular weight is 371 g/mol. The number of nitrogens with one attached hydrogen (secondary N) is 1. The van der Waals surface area contributed by atoms with Crippen LogP contribution in [-0.4, -0.2) is 16.3 Å². The van der Waals surface area contributed by atoms with Crippen LogP contribution in [-0.2, 0) is 13.5 Å². The first kappa shape index (κ1) is 16.5. The molecule has 21 heavy (non-hydrogen) atoms. The zero-order chi connectivity index (χ0) is 15.4. The third-order valence-corrected chi connectivity index (χ3v) is 4.12. The lowest BCUT2D eigenvalue weighted by Crippen LogP contribution is -2.25. The summed E-state index contributed by atoms with van der Waals surface area (Å²) in [6.07, 6.45) is 1.99. The highest BCUT2D eigenvalue weighted by atomic mass is 79.9. The maximum Gasteiger partial charge on any atom is 0.0596 e. The summed E-state index contributed by atoms with van der Waals surface area (Å²) >= 11 is 9.71. The van der Waals surface area contributed by atoms with Crippen molar-refractivity contribution in [3.05, 3.63) is 50.7 Å². The van der Waals surface area contributed by atoms with E-state index < -0.39 is 0 Å². The molecule has 0 radical (unpaired) electrons. The Kier molecular flexibility index (Phi) is 5.85. The van der Waals surface area contributed by atoms with Gasteiger partial charge in [0.15, 0.2) is 0 Å². The van der Waals surface area contributed by atoms with E-state index in [1.165, 1.54) is 11.3 Å². The van der Waals surface area contributed by atoms with Crippen LogP contribution in [0.4, 0.5) is 0 Å². The SMILES string of the molecule is CCCNC(Cc1cc(C)nn1C)c1cc(Cl)cc(Br)c1. The fraction of sp³-hybridized carbons (Fsp3) is 0.438. The molecule has 1 N–H and O–H groups in total. The van der Waals surface area contributed by atoms with Gasteiger partial charge >= 0.3 is 0 Å². The molecule has 2 aromatic rings. The van der Waals surface area contributed by atoms with E-state index in [1.54, 1.807) is 0 Å². The molecule has 0 aliphatic carbocycles. The van der Waals surface area contributed by atoms with Gasteiger partial charge in [0.25, 0.3) is 0 Å². The molecule has 1 aromatic carbocycles. The predicted molar refractivity (Wildman–Crippen MR) is 91.8 cm³/mol. The third kappa shape index (κ3) is 4.56. The van der Waals surface area contributed by atoms with E-state index in [-0.39, 0.29) is 6.04 Å². The Bertz CT molecular complexity index is 589. The van der Waals surface area contributed by atoms with Gasteiger partial charge in [-0.2, -0.15) is 5.10 Å². The molecule has 0 spiro atoms. The quantitative estimate of drug-likeness (QED) is 0.815. The van der Waals surface area contributed by atoms with Crippen LogP contribution in [0.15, 0.2) is 28.7 Å². The normalized spacial score (nSPS) is 12.6.